The van der Waals surface area contributed by atoms with E-state index in [2.05, 4.69) is 29.9 Å². The fourth-order valence-corrected chi connectivity index (χ4v) is 5.30. The van der Waals surface area contributed by atoms with Crippen molar-refractivity contribution in [3.63, 3.8) is 0 Å². The largest absolute Gasteiger partial charge is 0.446 e. The number of carbonyl (C=O) groups excluding carboxylic acids is 3. The SMILES string of the molecule is CCCC(=O)N1CCC(C)(C)c2cc(C3=NN(C(=O)OCCN(CC)CC)C(=O)SC3C)ccc21. The lowest BCUT2D eigenvalue weighted by Gasteiger charge is -2.39. The van der Waals surface area contributed by atoms with Crippen LogP contribution in [0.15, 0.2) is 23.3 Å². The molecule has 0 fully saturated rings. The number of hydrazone groups is 1. The fraction of sp³-hybridized carbons (Fsp3) is 0.615. The third-order valence-corrected chi connectivity index (χ3v) is 7.73. The van der Waals surface area contributed by atoms with Crippen molar-refractivity contribution in [2.45, 2.75) is 71.5 Å². The van der Waals surface area contributed by atoms with E-state index < -0.39 is 11.3 Å². The number of rotatable bonds is 8. The molecule has 0 radical (unpaired) electrons. The molecule has 1 unspecified atom stereocenters. The van der Waals surface area contributed by atoms with Gasteiger partial charge in [0, 0.05) is 25.2 Å². The van der Waals surface area contributed by atoms with Crippen molar-refractivity contribution in [3.8, 4) is 0 Å². The Balaban J connectivity index is 1.88. The Morgan fingerprint density at radius 3 is 2.60 bits per heavy atom. The van der Waals surface area contributed by atoms with Crippen LogP contribution in [0, 0.1) is 0 Å². The lowest BCUT2D eigenvalue weighted by atomic mass is 9.76. The van der Waals surface area contributed by atoms with Crippen molar-refractivity contribution in [1.29, 1.82) is 0 Å². The van der Waals surface area contributed by atoms with Gasteiger partial charge in [0.2, 0.25) is 5.91 Å². The van der Waals surface area contributed by atoms with E-state index in [9.17, 15) is 14.4 Å². The van der Waals surface area contributed by atoms with Crippen molar-refractivity contribution in [2.24, 2.45) is 5.10 Å². The van der Waals surface area contributed by atoms with Crippen molar-refractivity contribution >= 4 is 40.4 Å². The van der Waals surface area contributed by atoms with Gasteiger partial charge in [-0.2, -0.15) is 5.10 Å². The molecule has 2 aliphatic heterocycles. The maximum Gasteiger partial charge on any atom is 0.438 e. The zero-order chi connectivity index (χ0) is 25.8. The highest BCUT2D eigenvalue weighted by Gasteiger charge is 2.36. The second-order valence-electron chi connectivity index (χ2n) is 9.63. The number of amides is 3. The molecule has 1 atom stereocenters. The van der Waals surface area contributed by atoms with E-state index in [0.717, 1.165) is 59.5 Å². The second kappa shape index (κ2) is 11.6. The fourth-order valence-electron chi connectivity index (χ4n) is 4.48. The number of ether oxygens (including phenoxy) is 1. The molecule has 0 bridgehead atoms. The molecule has 3 rings (SSSR count). The zero-order valence-corrected chi connectivity index (χ0v) is 22.6. The molecule has 2 heterocycles. The smallest absolute Gasteiger partial charge is 0.438 e. The molecule has 1 aromatic carbocycles. The molecule has 0 aliphatic carbocycles. The van der Waals surface area contributed by atoms with Crippen molar-refractivity contribution in [1.82, 2.24) is 9.91 Å². The highest BCUT2D eigenvalue weighted by Crippen LogP contribution is 2.41. The molecule has 9 heteroatoms. The van der Waals surface area contributed by atoms with Gasteiger partial charge in [-0.3, -0.25) is 9.59 Å². The van der Waals surface area contributed by atoms with Crippen LogP contribution < -0.4 is 4.90 Å². The summed E-state index contributed by atoms with van der Waals surface area (Å²) in [4.78, 5) is 42.0. The molecule has 0 aromatic heterocycles. The third-order valence-electron chi connectivity index (χ3n) is 6.78. The van der Waals surface area contributed by atoms with E-state index in [-0.39, 0.29) is 23.2 Å². The minimum atomic E-state index is -0.756. The van der Waals surface area contributed by atoms with E-state index in [1.165, 1.54) is 0 Å². The Labute approximate surface area is 213 Å². The monoisotopic (exact) mass is 502 g/mol. The van der Waals surface area contributed by atoms with Gasteiger partial charge in [-0.05, 0) is 61.5 Å². The molecule has 3 amide bonds. The third kappa shape index (κ3) is 6.06. The predicted molar refractivity (Wildman–Crippen MR) is 141 cm³/mol. The number of imide groups is 1. The summed E-state index contributed by atoms with van der Waals surface area (Å²) in [6.45, 7) is 15.6. The summed E-state index contributed by atoms with van der Waals surface area (Å²) < 4.78 is 5.35. The molecule has 0 spiro atoms. The van der Waals surface area contributed by atoms with Crippen LogP contribution in [-0.4, -0.2) is 70.9 Å². The van der Waals surface area contributed by atoms with Gasteiger partial charge in [-0.15, -0.1) is 5.01 Å². The van der Waals surface area contributed by atoms with Crippen LogP contribution in [0.2, 0.25) is 0 Å². The molecule has 2 aliphatic rings. The highest BCUT2D eigenvalue weighted by atomic mass is 32.2. The first kappa shape index (κ1) is 27.2. The van der Waals surface area contributed by atoms with E-state index in [1.807, 2.05) is 44.7 Å². The average Bonchev–Trinajstić information content (AvgIpc) is 2.82. The van der Waals surface area contributed by atoms with Crippen molar-refractivity contribution in [2.75, 3.05) is 37.7 Å². The van der Waals surface area contributed by atoms with E-state index >= 15 is 0 Å². The maximum absolute atomic E-state index is 12.7. The number of carbonyl (C=O) groups is 3. The molecule has 0 N–H and O–H groups in total. The van der Waals surface area contributed by atoms with Crippen LogP contribution in [-0.2, 0) is 14.9 Å². The Kier molecular flexibility index (Phi) is 8.99. The summed E-state index contributed by atoms with van der Waals surface area (Å²) in [7, 11) is 0. The number of nitrogens with zero attached hydrogens (tertiary/aromatic N) is 4. The molecule has 0 saturated heterocycles. The molecule has 35 heavy (non-hydrogen) atoms. The predicted octanol–water partition coefficient (Wildman–Crippen LogP) is 5.24. The first-order chi connectivity index (χ1) is 16.6. The Hall–Kier alpha value is -2.39. The lowest BCUT2D eigenvalue weighted by Crippen LogP contribution is -2.41. The van der Waals surface area contributed by atoms with Gasteiger partial charge in [0.25, 0.3) is 0 Å². The van der Waals surface area contributed by atoms with Gasteiger partial charge >= 0.3 is 11.3 Å². The number of thioether (sulfide) groups is 1. The normalized spacial score (nSPS) is 19.5. The van der Waals surface area contributed by atoms with Crippen LogP contribution in [0.3, 0.4) is 0 Å². The number of anilines is 1. The average molecular weight is 503 g/mol. The molecule has 8 nitrogen and oxygen atoms in total. The highest BCUT2D eigenvalue weighted by molar-refractivity contribution is 8.14. The zero-order valence-electron chi connectivity index (χ0n) is 21.8. The first-order valence-electron chi connectivity index (χ1n) is 12.6. The van der Waals surface area contributed by atoms with Crippen LogP contribution in [0.5, 0.6) is 0 Å². The van der Waals surface area contributed by atoms with Crippen molar-refractivity contribution < 1.29 is 19.1 Å². The number of benzene rings is 1. The number of fused-ring (bicyclic) bond motifs is 1. The standard InChI is InChI=1S/C26H38N4O4S/c1-7-10-22(31)29-14-13-26(5,6)20-17-19(11-12-21(20)29)23-18(4)35-25(33)30(27-23)24(32)34-16-15-28(8-2)9-3/h11-12,17-18H,7-10,13-16H2,1-6H3. The summed E-state index contributed by atoms with van der Waals surface area (Å²) in [5, 5.41) is 4.62. The van der Waals surface area contributed by atoms with Gasteiger partial charge < -0.3 is 14.5 Å². The topological polar surface area (TPSA) is 82.5 Å². The van der Waals surface area contributed by atoms with Gasteiger partial charge in [0.05, 0.1) is 11.0 Å². The lowest BCUT2D eigenvalue weighted by molar-refractivity contribution is -0.118. The summed E-state index contributed by atoms with van der Waals surface area (Å²) in [6, 6.07) is 5.97. The van der Waals surface area contributed by atoms with Crippen molar-refractivity contribution in [3.05, 3.63) is 29.3 Å². The quantitative estimate of drug-likeness (QED) is 0.483. The van der Waals surface area contributed by atoms with E-state index in [1.54, 1.807) is 0 Å². The van der Waals surface area contributed by atoms with E-state index in [0.29, 0.717) is 25.2 Å². The first-order valence-corrected chi connectivity index (χ1v) is 13.4. The summed E-state index contributed by atoms with van der Waals surface area (Å²) >= 11 is 1.06. The summed E-state index contributed by atoms with van der Waals surface area (Å²) in [5.41, 5.74) is 3.39. The minimum Gasteiger partial charge on any atom is -0.446 e. The molecule has 1 aromatic rings. The minimum absolute atomic E-state index is 0.112. The van der Waals surface area contributed by atoms with Crippen LogP contribution >= 0.6 is 11.8 Å². The molecular weight excluding hydrogens is 464 g/mol. The maximum atomic E-state index is 12.7. The summed E-state index contributed by atoms with van der Waals surface area (Å²) in [6.07, 6.45) is 1.44. The van der Waals surface area contributed by atoms with Crippen LogP contribution in [0.1, 0.15) is 71.9 Å². The number of likely N-dealkylation sites (N-methyl/N-ethyl adjacent to an activating group) is 1. The molecular formula is C26H38N4O4S. The Morgan fingerprint density at radius 2 is 1.94 bits per heavy atom. The Morgan fingerprint density at radius 1 is 1.23 bits per heavy atom. The molecule has 0 saturated carbocycles. The molecule has 192 valence electrons. The van der Waals surface area contributed by atoms with Gasteiger partial charge in [0.15, 0.2) is 0 Å². The summed E-state index contributed by atoms with van der Waals surface area (Å²) in [5.74, 6) is 0.139. The number of hydrogen-bond donors (Lipinski definition) is 0. The van der Waals surface area contributed by atoms with Gasteiger partial charge in [0.1, 0.15) is 6.61 Å². The van der Waals surface area contributed by atoms with Gasteiger partial charge in [-0.25, -0.2) is 4.79 Å². The van der Waals surface area contributed by atoms with Crippen LogP contribution in [0.25, 0.3) is 0 Å². The van der Waals surface area contributed by atoms with Gasteiger partial charge in [-0.1, -0.05) is 52.4 Å². The van der Waals surface area contributed by atoms with Crippen LogP contribution in [0.4, 0.5) is 15.3 Å². The number of hydrogen-bond acceptors (Lipinski definition) is 7. The second-order valence-corrected chi connectivity index (χ2v) is 10.9. The Bertz CT molecular complexity index is 990. The van der Waals surface area contributed by atoms with E-state index in [4.69, 9.17) is 4.74 Å².